The topological polar surface area (TPSA) is 25.2 Å². The first-order valence-electron chi connectivity index (χ1n) is 7.21. The maximum atomic E-state index is 6.19. The summed E-state index contributed by atoms with van der Waals surface area (Å²) in [6, 6.07) is 8.41. The van der Waals surface area contributed by atoms with Gasteiger partial charge in [-0.1, -0.05) is 37.1 Å². The Morgan fingerprint density at radius 1 is 1.42 bits per heavy atom. The van der Waals surface area contributed by atoms with Crippen LogP contribution in [0.4, 0.5) is 0 Å². The molecule has 3 rings (SSSR count). The van der Waals surface area contributed by atoms with E-state index in [0.29, 0.717) is 17.0 Å². The summed E-state index contributed by atoms with van der Waals surface area (Å²) < 4.78 is 6.02. The minimum atomic E-state index is 0.345. The quantitative estimate of drug-likeness (QED) is 0.838. The van der Waals surface area contributed by atoms with E-state index in [1.54, 1.807) is 0 Å². The maximum Gasteiger partial charge on any atom is 0.152 e. The molecule has 1 aliphatic rings. The summed E-state index contributed by atoms with van der Waals surface area (Å²) in [6.07, 6.45) is 5.08. The normalized spacial score (nSPS) is 17.6. The average Bonchev–Trinajstić information content (AvgIpc) is 2.77. The van der Waals surface area contributed by atoms with Crippen LogP contribution >= 0.6 is 11.6 Å². The Kier molecular flexibility index (Phi) is 3.81. The first-order valence-corrected chi connectivity index (χ1v) is 7.58. The Balaban J connectivity index is 1.92. The number of halogens is 1. The van der Waals surface area contributed by atoms with Crippen LogP contribution in [0.1, 0.15) is 44.4 Å². The summed E-state index contributed by atoms with van der Waals surface area (Å²) in [7, 11) is 0. The van der Waals surface area contributed by atoms with Crippen molar-refractivity contribution in [1.82, 2.24) is 5.32 Å². The molecule has 0 bridgehead atoms. The van der Waals surface area contributed by atoms with E-state index in [-0.39, 0.29) is 0 Å². The van der Waals surface area contributed by atoms with Gasteiger partial charge in [-0.15, -0.1) is 0 Å². The van der Waals surface area contributed by atoms with Gasteiger partial charge in [0.15, 0.2) is 5.58 Å². The van der Waals surface area contributed by atoms with E-state index < -0.39 is 0 Å². The number of hydrogen-bond acceptors (Lipinski definition) is 2. The van der Waals surface area contributed by atoms with E-state index in [1.165, 1.54) is 19.3 Å². The lowest BCUT2D eigenvalue weighted by atomic mass is 9.78. The monoisotopic (exact) mass is 277 g/mol. The number of hydrogen-bond donors (Lipinski definition) is 1. The molecule has 0 radical (unpaired) electrons. The maximum absolute atomic E-state index is 6.19. The Labute approximate surface area is 119 Å². The van der Waals surface area contributed by atoms with E-state index in [9.17, 15) is 0 Å². The smallest absolute Gasteiger partial charge is 0.152 e. The Morgan fingerprint density at radius 3 is 2.89 bits per heavy atom. The molecule has 1 atom stereocenters. The van der Waals surface area contributed by atoms with Gasteiger partial charge in [0.05, 0.1) is 11.1 Å². The molecule has 1 aromatic heterocycles. The third kappa shape index (κ3) is 2.52. The van der Waals surface area contributed by atoms with Crippen LogP contribution in [0.2, 0.25) is 5.02 Å². The minimum absolute atomic E-state index is 0.345. The highest BCUT2D eigenvalue weighted by atomic mass is 35.5. The van der Waals surface area contributed by atoms with Crippen molar-refractivity contribution in [2.45, 2.75) is 38.6 Å². The molecule has 1 heterocycles. The highest BCUT2D eigenvalue weighted by molar-refractivity contribution is 6.34. The zero-order valence-electron chi connectivity index (χ0n) is 11.3. The summed E-state index contributed by atoms with van der Waals surface area (Å²) >= 11 is 6.19. The average molecular weight is 278 g/mol. The summed E-state index contributed by atoms with van der Waals surface area (Å²) in [4.78, 5) is 0. The third-order valence-electron chi connectivity index (χ3n) is 4.06. The lowest BCUT2D eigenvalue weighted by molar-refractivity contribution is 0.210. The Morgan fingerprint density at radius 2 is 2.26 bits per heavy atom. The fourth-order valence-electron chi connectivity index (χ4n) is 2.77. The van der Waals surface area contributed by atoms with Gasteiger partial charge in [-0.2, -0.15) is 0 Å². The van der Waals surface area contributed by atoms with E-state index >= 15 is 0 Å². The molecule has 1 N–H and O–H groups in total. The molecule has 1 unspecified atom stereocenters. The number of para-hydroxylation sites is 1. The molecule has 1 aromatic carbocycles. The number of benzene rings is 1. The van der Waals surface area contributed by atoms with Crippen molar-refractivity contribution in [3.05, 3.63) is 35.0 Å². The lowest BCUT2D eigenvalue weighted by Gasteiger charge is -2.33. The van der Waals surface area contributed by atoms with E-state index in [4.69, 9.17) is 16.0 Å². The second-order valence-corrected chi connectivity index (χ2v) is 5.84. The second-order valence-electron chi connectivity index (χ2n) is 5.43. The summed E-state index contributed by atoms with van der Waals surface area (Å²) in [5.74, 6) is 1.76. The highest BCUT2D eigenvalue weighted by Crippen LogP contribution is 2.40. The van der Waals surface area contributed by atoms with Crippen LogP contribution in [-0.2, 0) is 0 Å². The van der Waals surface area contributed by atoms with Crippen molar-refractivity contribution < 1.29 is 4.42 Å². The van der Waals surface area contributed by atoms with Crippen molar-refractivity contribution in [2.75, 3.05) is 6.54 Å². The van der Waals surface area contributed by atoms with Crippen LogP contribution in [0.15, 0.2) is 28.7 Å². The molecule has 2 aromatic rings. The molecular formula is C16H20ClNO. The van der Waals surface area contributed by atoms with Gasteiger partial charge in [-0.25, -0.2) is 0 Å². The summed E-state index contributed by atoms with van der Waals surface area (Å²) in [5.41, 5.74) is 0.821. The largest absolute Gasteiger partial charge is 0.458 e. The molecule has 0 spiro atoms. The number of rotatable bonds is 5. The van der Waals surface area contributed by atoms with Gasteiger partial charge >= 0.3 is 0 Å². The highest BCUT2D eigenvalue weighted by Gasteiger charge is 2.30. The molecule has 1 aliphatic carbocycles. The molecule has 0 saturated heterocycles. The van der Waals surface area contributed by atoms with Gasteiger partial charge in [0.2, 0.25) is 0 Å². The fourth-order valence-corrected chi connectivity index (χ4v) is 2.99. The minimum Gasteiger partial charge on any atom is -0.458 e. The zero-order valence-corrected chi connectivity index (χ0v) is 12.0. The molecule has 1 fully saturated rings. The van der Waals surface area contributed by atoms with E-state index in [2.05, 4.69) is 24.4 Å². The summed E-state index contributed by atoms with van der Waals surface area (Å²) in [5, 5.41) is 5.43. The van der Waals surface area contributed by atoms with Crippen LogP contribution in [0.25, 0.3) is 11.0 Å². The van der Waals surface area contributed by atoms with Crippen molar-refractivity contribution >= 4 is 22.6 Å². The number of nitrogens with one attached hydrogen (secondary N) is 1. The predicted octanol–water partition coefficient (Wildman–Crippen LogP) is 4.93. The van der Waals surface area contributed by atoms with Crippen molar-refractivity contribution in [2.24, 2.45) is 5.92 Å². The molecule has 0 aliphatic heterocycles. The first-order chi connectivity index (χ1) is 9.29. The van der Waals surface area contributed by atoms with Crippen LogP contribution in [0.5, 0.6) is 0 Å². The van der Waals surface area contributed by atoms with Crippen LogP contribution in [-0.4, -0.2) is 6.54 Å². The van der Waals surface area contributed by atoms with Crippen LogP contribution < -0.4 is 5.32 Å². The van der Waals surface area contributed by atoms with Gasteiger partial charge in [-0.3, -0.25) is 0 Å². The van der Waals surface area contributed by atoms with Crippen molar-refractivity contribution in [3.63, 3.8) is 0 Å². The molecule has 0 amide bonds. The zero-order chi connectivity index (χ0) is 13.2. The van der Waals surface area contributed by atoms with Gasteiger partial charge in [0.25, 0.3) is 0 Å². The SMILES string of the molecule is CCCNC(c1cc2cccc(Cl)c2o1)C1CCC1. The molecule has 19 heavy (non-hydrogen) atoms. The molecule has 3 heteroatoms. The fraction of sp³-hybridized carbons (Fsp3) is 0.500. The lowest BCUT2D eigenvalue weighted by Crippen LogP contribution is -2.32. The summed E-state index contributed by atoms with van der Waals surface area (Å²) in [6.45, 7) is 3.23. The number of furan rings is 1. The second kappa shape index (κ2) is 5.56. The Hall–Kier alpha value is -0.990. The molecular weight excluding hydrogens is 258 g/mol. The van der Waals surface area contributed by atoms with Crippen LogP contribution in [0, 0.1) is 5.92 Å². The van der Waals surface area contributed by atoms with E-state index in [1.807, 2.05) is 12.1 Å². The standard InChI is InChI=1S/C16H20ClNO/c1-2-9-18-15(11-5-3-6-11)14-10-12-7-4-8-13(17)16(12)19-14/h4,7-8,10-11,15,18H,2-3,5-6,9H2,1H3. The van der Waals surface area contributed by atoms with Gasteiger partial charge in [0.1, 0.15) is 5.76 Å². The number of fused-ring (bicyclic) bond motifs is 1. The van der Waals surface area contributed by atoms with Gasteiger partial charge in [-0.05, 0) is 43.9 Å². The third-order valence-corrected chi connectivity index (χ3v) is 4.35. The predicted molar refractivity (Wildman–Crippen MR) is 79.6 cm³/mol. The first kappa shape index (κ1) is 13.0. The van der Waals surface area contributed by atoms with Gasteiger partial charge in [0, 0.05) is 5.39 Å². The Bertz CT molecular complexity index is 559. The molecule has 1 saturated carbocycles. The van der Waals surface area contributed by atoms with E-state index in [0.717, 1.165) is 29.7 Å². The molecule has 102 valence electrons. The van der Waals surface area contributed by atoms with Crippen molar-refractivity contribution in [1.29, 1.82) is 0 Å². The van der Waals surface area contributed by atoms with Gasteiger partial charge < -0.3 is 9.73 Å². The van der Waals surface area contributed by atoms with Crippen molar-refractivity contribution in [3.8, 4) is 0 Å². The molecule has 2 nitrogen and oxygen atoms in total. The van der Waals surface area contributed by atoms with Crippen LogP contribution in [0.3, 0.4) is 0 Å².